The number of aromatic nitrogens is 3. The molecule has 0 saturated heterocycles. The van der Waals surface area contributed by atoms with Crippen LogP contribution in [0.5, 0.6) is 0 Å². The number of hydrogen-bond acceptors (Lipinski definition) is 3. The molecule has 12 heavy (non-hydrogen) atoms. The summed E-state index contributed by atoms with van der Waals surface area (Å²) < 4.78 is 0.693. The number of halogens is 1. The molecule has 5 heteroatoms. The van der Waals surface area contributed by atoms with Gasteiger partial charge in [-0.1, -0.05) is 0 Å². The minimum atomic E-state index is 0.367. The normalized spacial score (nSPS) is 10.0. The lowest BCUT2D eigenvalue weighted by Gasteiger charge is -1.92. The van der Waals surface area contributed by atoms with Crippen molar-refractivity contribution in [3.8, 4) is 6.07 Å². The van der Waals surface area contributed by atoms with Crippen LogP contribution in [0.3, 0.4) is 0 Å². The van der Waals surface area contributed by atoms with Crippen molar-refractivity contribution in [2.24, 2.45) is 0 Å². The van der Waals surface area contributed by atoms with E-state index in [-0.39, 0.29) is 0 Å². The molecule has 0 unspecified atom stereocenters. The van der Waals surface area contributed by atoms with Gasteiger partial charge in [-0.2, -0.15) is 10.4 Å². The molecule has 0 atom stereocenters. The number of H-pyrrole nitrogens is 1. The fraction of sp³-hybridized carbons (Fsp3) is 0. The molecule has 0 aliphatic heterocycles. The Labute approximate surface area is 76.4 Å². The Kier molecular flexibility index (Phi) is 1.55. The number of pyridine rings is 1. The smallest absolute Gasteiger partial charge is 0.157 e. The van der Waals surface area contributed by atoms with Crippen molar-refractivity contribution in [1.82, 2.24) is 15.2 Å². The maximum atomic E-state index is 8.64. The number of aromatic amines is 1. The SMILES string of the molecule is N#Cc1nc2[nH]ncc2cc1Br. The number of nitriles is 1. The van der Waals surface area contributed by atoms with Crippen LogP contribution in [0.4, 0.5) is 0 Å². The standard InChI is InChI=1S/C7H3BrN4/c8-5-1-4-3-10-12-7(4)11-6(5)2-9/h1,3H,(H,10,11,12). The Morgan fingerprint density at radius 3 is 3.17 bits per heavy atom. The molecule has 0 aromatic carbocycles. The third-order valence-electron chi connectivity index (χ3n) is 1.49. The molecule has 0 bridgehead atoms. The molecule has 2 rings (SSSR count). The van der Waals surface area contributed by atoms with E-state index in [4.69, 9.17) is 5.26 Å². The van der Waals surface area contributed by atoms with Gasteiger partial charge in [-0.3, -0.25) is 5.10 Å². The van der Waals surface area contributed by atoms with E-state index in [2.05, 4.69) is 31.1 Å². The van der Waals surface area contributed by atoms with Gasteiger partial charge in [0.2, 0.25) is 0 Å². The molecule has 0 amide bonds. The molecule has 2 aromatic heterocycles. The first-order valence-corrected chi connectivity index (χ1v) is 4.00. The van der Waals surface area contributed by atoms with Crippen LogP contribution in [0.25, 0.3) is 11.0 Å². The van der Waals surface area contributed by atoms with E-state index < -0.39 is 0 Å². The van der Waals surface area contributed by atoms with E-state index in [0.717, 1.165) is 5.39 Å². The van der Waals surface area contributed by atoms with E-state index in [1.807, 2.05) is 12.1 Å². The first-order chi connectivity index (χ1) is 5.81. The van der Waals surface area contributed by atoms with E-state index in [0.29, 0.717) is 15.8 Å². The number of fused-ring (bicyclic) bond motifs is 1. The average molecular weight is 223 g/mol. The summed E-state index contributed by atoms with van der Waals surface area (Å²) in [6.45, 7) is 0. The molecule has 1 N–H and O–H groups in total. The van der Waals surface area contributed by atoms with Gasteiger partial charge in [-0.05, 0) is 22.0 Å². The molecular weight excluding hydrogens is 220 g/mol. The van der Waals surface area contributed by atoms with Gasteiger partial charge in [-0.25, -0.2) is 4.98 Å². The van der Waals surface area contributed by atoms with Gasteiger partial charge in [0.25, 0.3) is 0 Å². The number of hydrogen-bond donors (Lipinski definition) is 1. The molecule has 4 nitrogen and oxygen atoms in total. The largest absolute Gasteiger partial charge is 0.261 e. The Hall–Kier alpha value is -1.41. The molecule has 0 aliphatic rings. The van der Waals surface area contributed by atoms with Crippen molar-refractivity contribution in [2.75, 3.05) is 0 Å². The van der Waals surface area contributed by atoms with Gasteiger partial charge in [-0.15, -0.1) is 0 Å². The van der Waals surface area contributed by atoms with Gasteiger partial charge in [0.15, 0.2) is 11.3 Å². The molecule has 2 heterocycles. The fourth-order valence-corrected chi connectivity index (χ4v) is 1.36. The van der Waals surface area contributed by atoms with E-state index >= 15 is 0 Å². The zero-order chi connectivity index (χ0) is 8.55. The topological polar surface area (TPSA) is 65.4 Å². The van der Waals surface area contributed by atoms with Crippen molar-refractivity contribution >= 4 is 27.0 Å². The lowest BCUT2D eigenvalue weighted by Crippen LogP contribution is -1.85. The summed E-state index contributed by atoms with van der Waals surface area (Å²) in [5.74, 6) is 0. The van der Waals surface area contributed by atoms with Crippen molar-refractivity contribution in [3.05, 3.63) is 22.4 Å². The second-order valence-corrected chi connectivity index (χ2v) is 3.09. The minimum Gasteiger partial charge on any atom is -0.261 e. The van der Waals surface area contributed by atoms with Crippen LogP contribution in [-0.4, -0.2) is 15.2 Å². The van der Waals surface area contributed by atoms with Gasteiger partial charge >= 0.3 is 0 Å². The third-order valence-corrected chi connectivity index (χ3v) is 2.09. The molecule has 0 fully saturated rings. The zero-order valence-corrected chi connectivity index (χ0v) is 7.46. The maximum absolute atomic E-state index is 8.64. The van der Waals surface area contributed by atoms with Crippen molar-refractivity contribution in [2.45, 2.75) is 0 Å². The summed E-state index contributed by atoms with van der Waals surface area (Å²) in [6, 6.07) is 3.78. The fourth-order valence-electron chi connectivity index (χ4n) is 0.932. The molecule has 0 aliphatic carbocycles. The number of rotatable bonds is 0. The lowest BCUT2D eigenvalue weighted by molar-refractivity contribution is 1.09. The monoisotopic (exact) mass is 222 g/mol. The Morgan fingerprint density at radius 1 is 1.58 bits per heavy atom. The zero-order valence-electron chi connectivity index (χ0n) is 5.87. The Bertz CT molecular complexity index is 468. The average Bonchev–Trinajstić information content (AvgIpc) is 2.49. The lowest BCUT2D eigenvalue weighted by atomic mass is 10.3. The first-order valence-electron chi connectivity index (χ1n) is 3.21. The van der Waals surface area contributed by atoms with Crippen LogP contribution in [0.2, 0.25) is 0 Å². The van der Waals surface area contributed by atoms with E-state index in [1.165, 1.54) is 0 Å². The quantitative estimate of drug-likeness (QED) is 0.737. The summed E-state index contributed by atoms with van der Waals surface area (Å²) >= 11 is 3.24. The molecule has 0 radical (unpaired) electrons. The predicted octanol–water partition coefficient (Wildman–Crippen LogP) is 1.59. The van der Waals surface area contributed by atoms with Crippen LogP contribution in [0.15, 0.2) is 16.7 Å². The summed E-state index contributed by atoms with van der Waals surface area (Å²) in [6.07, 6.45) is 1.66. The molecule has 58 valence electrons. The second-order valence-electron chi connectivity index (χ2n) is 2.24. The van der Waals surface area contributed by atoms with Crippen LogP contribution in [0.1, 0.15) is 5.69 Å². The highest BCUT2D eigenvalue weighted by Gasteiger charge is 2.03. The van der Waals surface area contributed by atoms with Crippen LogP contribution >= 0.6 is 15.9 Å². The summed E-state index contributed by atoms with van der Waals surface area (Å²) in [5.41, 5.74) is 1.00. The highest BCUT2D eigenvalue weighted by Crippen LogP contribution is 2.18. The Balaban J connectivity index is 2.84. The summed E-state index contributed by atoms with van der Waals surface area (Å²) in [4.78, 5) is 4.03. The van der Waals surface area contributed by atoms with Crippen LogP contribution < -0.4 is 0 Å². The van der Waals surface area contributed by atoms with Gasteiger partial charge in [0.05, 0.1) is 10.7 Å². The van der Waals surface area contributed by atoms with Crippen LogP contribution in [0, 0.1) is 11.3 Å². The van der Waals surface area contributed by atoms with Gasteiger partial charge < -0.3 is 0 Å². The molecule has 0 spiro atoms. The van der Waals surface area contributed by atoms with E-state index in [1.54, 1.807) is 6.20 Å². The number of nitrogens with one attached hydrogen (secondary N) is 1. The van der Waals surface area contributed by atoms with Gasteiger partial charge in [0.1, 0.15) is 6.07 Å². The first kappa shape index (κ1) is 7.25. The Morgan fingerprint density at radius 2 is 2.42 bits per heavy atom. The van der Waals surface area contributed by atoms with Gasteiger partial charge in [0, 0.05) is 5.39 Å². The summed E-state index contributed by atoms with van der Waals surface area (Å²) in [5, 5.41) is 16.0. The molecule has 2 aromatic rings. The summed E-state index contributed by atoms with van der Waals surface area (Å²) in [7, 11) is 0. The van der Waals surface area contributed by atoms with E-state index in [9.17, 15) is 0 Å². The third kappa shape index (κ3) is 0.970. The van der Waals surface area contributed by atoms with Crippen LogP contribution in [-0.2, 0) is 0 Å². The molecular formula is C7H3BrN4. The van der Waals surface area contributed by atoms with Crippen molar-refractivity contribution in [3.63, 3.8) is 0 Å². The minimum absolute atomic E-state index is 0.367. The highest BCUT2D eigenvalue weighted by molar-refractivity contribution is 9.10. The second kappa shape index (κ2) is 2.57. The van der Waals surface area contributed by atoms with Crippen molar-refractivity contribution < 1.29 is 0 Å². The maximum Gasteiger partial charge on any atom is 0.157 e. The molecule has 0 saturated carbocycles. The highest BCUT2D eigenvalue weighted by atomic mass is 79.9. The number of nitrogens with zero attached hydrogens (tertiary/aromatic N) is 3. The van der Waals surface area contributed by atoms with Crippen molar-refractivity contribution in [1.29, 1.82) is 5.26 Å². The predicted molar refractivity (Wildman–Crippen MR) is 46.3 cm³/mol.